The molecule has 1 unspecified atom stereocenters. The van der Waals surface area contributed by atoms with E-state index in [0.717, 1.165) is 43.0 Å². The molecule has 6 nitrogen and oxygen atoms in total. The monoisotopic (exact) mass is 273 g/mol. The number of rotatable bonds is 4. The Morgan fingerprint density at radius 3 is 2.90 bits per heavy atom. The quantitative estimate of drug-likeness (QED) is 0.922. The topological polar surface area (TPSA) is 64.9 Å². The van der Waals surface area contributed by atoms with Crippen LogP contribution in [0.25, 0.3) is 11.2 Å². The van der Waals surface area contributed by atoms with E-state index in [-0.39, 0.29) is 0 Å². The van der Waals surface area contributed by atoms with Crippen molar-refractivity contribution >= 4 is 17.0 Å². The smallest absolute Gasteiger partial charge is 0.165 e. The van der Waals surface area contributed by atoms with E-state index in [2.05, 4.69) is 24.8 Å². The van der Waals surface area contributed by atoms with Crippen LogP contribution in [0.4, 0.5) is 5.82 Å². The highest BCUT2D eigenvalue weighted by atomic mass is 16.5. The van der Waals surface area contributed by atoms with Crippen molar-refractivity contribution in [3.05, 3.63) is 12.7 Å². The first kappa shape index (κ1) is 12.1. The van der Waals surface area contributed by atoms with Gasteiger partial charge in [-0.1, -0.05) is 0 Å². The van der Waals surface area contributed by atoms with Crippen molar-refractivity contribution in [1.29, 1.82) is 0 Å². The van der Waals surface area contributed by atoms with E-state index in [0.29, 0.717) is 12.1 Å². The Morgan fingerprint density at radius 2 is 2.15 bits per heavy atom. The van der Waals surface area contributed by atoms with Gasteiger partial charge in [0.25, 0.3) is 0 Å². The van der Waals surface area contributed by atoms with Gasteiger partial charge in [0.15, 0.2) is 11.5 Å². The van der Waals surface area contributed by atoms with Crippen LogP contribution in [0.5, 0.6) is 0 Å². The zero-order valence-corrected chi connectivity index (χ0v) is 11.5. The van der Waals surface area contributed by atoms with Crippen LogP contribution in [0.3, 0.4) is 0 Å². The second-order valence-electron chi connectivity index (χ2n) is 5.70. The molecule has 0 aromatic carbocycles. The normalized spacial score (nSPS) is 23.1. The zero-order chi connectivity index (χ0) is 13.4. The summed E-state index contributed by atoms with van der Waals surface area (Å²) in [5, 5.41) is 3.47. The number of imidazole rings is 1. The first-order valence-electron chi connectivity index (χ1n) is 7.44. The maximum atomic E-state index is 5.69. The molecule has 0 spiro atoms. The molecule has 2 aromatic rings. The Morgan fingerprint density at radius 1 is 1.20 bits per heavy atom. The maximum Gasteiger partial charge on any atom is 0.165 e. The van der Waals surface area contributed by atoms with Gasteiger partial charge < -0.3 is 14.6 Å². The summed E-state index contributed by atoms with van der Waals surface area (Å²) in [7, 11) is 0. The third-order valence-corrected chi connectivity index (χ3v) is 4.27. The molecule has 1 saturated heterocycles. The van der Waals surface area contributed by atoms with Crippen LogP contribution in [0.2, 0.25) is 0 Å². The summed E-state index contributed by atoms with van der Waals surface area (Å²) in [6.45, 7) is 1.71. The first-order chi connectivity index (χ1) is 9.90. The Labute approximate surface area is 117 Å². The molecular formula is C14H19N5O. The predicted molar refractivity (Wildman–Crippen MR) is 75.6 cm³/mol. The molecule has 0 radical (unpaired) electrons. The van der Waals surface area contributed by atoms with Crippen molar-refractivity contribution in [2.24, 2.45) is 0 Å². The van der Waals surface area contributed by atoms with Crippen LogP contribution < -0.4 is 5.32 Å². The number of nitrogens with zero attached hydrogens (tertiary/aromatic N) is 4. The average Bonchev–Trinajstić information content (AvgIpc) is 3.05. The third-order valence-electron chi connectivity index (χ3n) is 4.27. The molecule has 1 atom stereocenters. The Kier molecular flexibility index (Phi) is 3.03. The van der Waals surface area contributed by atoms with E-state index in [9.17, 15) is 0 Å². The molecule has 1 N–H and O–H groups in total. The third kappa shape index (κ3) is 2.14. The number of ether oxygens (including phenoxy) is 1. The van der Waals surface area contributed by atoms with Crippen molar-refractivity contribution < 1.29 is 4.74 Å². The fraction of sp³-hybridized carbons (Fsp3) is 0.643. The van der Waals surface area contributed by atoms with E-state index in [1.165, 1.54) is 19.3 Å². The van der Waals surface area contributed by atoms with Crippen molar-refractivity contribution in [3.8, 4) is 0 Å². The van der Waals surface area contributed by atoms with Crippen LogP contribution in [-0.2, 0) is 11.3 Å². The van der Waals surface area contributed by atoms with Gasteiger partial charge in [0.1, 0.15) is 11.8 Å². The van der Waals surface area contributed by atoms with Crippen molar-refractivity contribution in [3.63, 3.8) is 0 Å². The molecule has 6 heteroatoms. The lowest BCUT2D eigenvalue weighted by molar-refractivity contribution is 0.0978. The number of aromatic nitrogens is 4. The van der Waals surface area contributed by atoms with E-state index in [4.69, 9.17) is 4.74 Å². The highest BCUT2D eigenvalue weighted by Gasteiger charge is 2.21. The Bertz CT molecular complexity index is 601. The predicted octanol–water partition coefficient (Wildman–Crippen LogP) is 1.97. The molecule has 4 rings (SSSR count). The van der Waals surface area contributed by atoms with Gasteiger partial charge in [0.05, 0.1) is 19.0 Å². The standard InChI is InChI=1S/C14H19N5O/c1-3-10(4-1)18-13-12-14(16-8-15-13)19(9-17-12)7-11-5-2-6-20-11/h8-11H,1-7H2,(H,15,16,18). The molecule has 1 saturated carbocycles. The number of hydrogen-bond acceptors (Lipinski definition) is 5. The van der Waals surface area contributed by atoms with Gasteiger partial charge in [-0.25, -0.2) is 15.0 Å². The SMILES string of the molecule is c1nc(NC2CCC2)c2ncn(CC3CCCO3)c2n1. The molecule has 0 bridgehead atoms. The lowest BCUT2D eigenvalue weighted by Crippen LogP contribution is -2.27. The Hall–Kier alpha value is -1.69. The molecule has 1 aliphatic carbocycles. The average molecular weight is 273 g/mol. The van der Waals surface area contributed by atoms with Crippen LogP contribution in [0.1, 0.15) is 32.1 Å². The fourth-order valence-corrected chi connectivity index (χ4v) is 2.87. The summed E-state index contributed by atoms with van der Waals surface area (Å²) in [4.78, 5) is 13.2. The zero-order valence-electron chi connectivity index (χ0n) is 11.5. The lowest BCUT2D eigenvalue weighted by Gasteiger charge is -2.26. The summed E-state index contributed by atoms with van der Waals surface area (Å²) < 4.78 is 7.77. The summed E-state index contributed by atoms with van der Waals surface area (Å²) in [6.07, 6.45) is 9.80. The lowest BCUT2D eigenvalue weighted by atomic mass is 9.93. The maximum absolute atomic E-state index is 5.69. The van der Waals surface area contributed by atoms with Crippen molar-refractivity contribution in [1.82, 2.24) is 19.5 Å². The molecular weight excluding hydrogens is 254 g/mol. The summed E-state index contributed by atoms with van der Waals surface area (Å²) in [5.41, 5.74) is 1.77. The summed E-state index contributed by atoms with van der Waals surface area (Å²) in [5.74, 6) is 0.866. The van der Waals surface area contributed by atoms with E-state index in [1.54, 1.807) is 6.33 Å². The fourth-order valence-electron chi connectivity index (χ4n) is 2.87. The molecule has 2 aromatic heterocycles. The minimum Gasteiger partial charge on any atom is -0.376 e. The van der Waals surface area contributed by atoms with Crippen LogP contribution >= 0.6 is 0 Å². The molecule has 2 fully saturated rings. The number of nitrogens with one attached hydrogen (secondary N) is 1. The van der Waals surface area contributed by atoms with Crippen LogP contribution in [0.15, 0.2) is 12.7 Å². The van der Waals surface area contributed by atoms with Gasteiger partial charge in [-0.05, 0) is 32.1 Å². The second-order valence-corrected chi connectivity index (χ2v) is 5.70. The first-order valence-corrected chi connectivity index (χ1v) is 7.44. The highest BCUT2D eigenvalue weighted by molar-refractivity contribution is 5.82. The summed E-state index contributed by atoms with van der Waals surface area (Å²) in [6, 6.07) is 0.552. The number of anilines is 1. The molecule has 106 valence electrons. The largest absolute Gasteiger partial charge is 0.376 e. The molecule has 3 heterocycles. The molecule has 1 aliphatic heterocycles. The number of hydrogen-bond donors (Lipinski definition) is 1. The molecule has 0 amide bonds. The van der Waals surface area contributed by atoms with Crippen LogP contribution in [-0.4, -0.2) is 38.3 Å². The van der Waals surface area contributed by atoms with Gasteiger partial charge in [0, 0.05) is 12.6 Å². The molecule has 20 heavy (non-hydrogen) atoms. The minimum absolute atomic E-state index is 0.297. The second kappa shape index (κ2) is 5.01. The van der Waals surface area contributed by atoms with Gasteiger partial charge >= 0.3 is 0 Å². The van der Waals surface area contributed by atoms with Crippen molar-refractivity contribution in [2.75, 3.05) is 11.9 Å². The summed E-state index contributed by atoms with van der Waals surface area (Å²) >= 11 is 0. The van der Waals surface area contributed by atoms with Gasteiger partial charge in [-0.3, -0.25) is 0 Å². The Balaban J connectivity index is 1.60. The van der Waals surface area contributed by atoms with E-state index >= 15 is 0 Å². The number of fused-ring (bicyclic) bond motifs is 1. The van der Waals surface area contributed by atoms with Gasteiger partial charge in [-0.2, -0.15) is 0 Å². The molecule has 2 aliphatic rings. The van der Waals surface area contributed by atoms with Gasteiger partial charge in [-0.15, -0.1) is 0 Å². The van der Waals surface area contributed by atoms with Crippen molar-refractivity contribution in [2.45, 2.75) is 50.8 Å². The van der Waals surface area contributed by atoms with E-state index in [1.807, 2.05) is 6.33 Å². The minimum atomic E-state index is 0.297. The van der Waals surface area contributed by atoms with Crippen LogP contribution in [0, 0.1) is 0 Å². The van der Waals surface area contributed by atoms with E-state index < -0.39 is 0 Å². The highest BCUT2D eigenvalue weighted by Crippen LogP contribution is 2.26. The van der Waals surface area contributed by atoms with Gasteiger partial charge in [0.2, 0.25) is 0 Å².